The molecular formula is C29H28F2N2O5. The third-order valence-electron chi connectivity index (χ3n) is 5.87. The van der Waals surface area contributed by atoms with Gasteiger partial charge in [-0.25, -0.2) is 8.78 Å². The average Bonchev–Trinajstić information content (AvgIpc) is 2.87. The summed E-state index contributed by atoms with van der Waals surface area (Å²) in [6, 6.07) is 12.2. The number of phenols is 1. The lowest BCUT2D eigenvalue weighted by Crippen LogP contribution is -2.35. The molecule has 4 rings (SSSR count). The van der Waals surface area contributed by atoms with Crippen molar-refractivity contribution < 1.29 is 28.2 Å². The Kier molecular flexibility index (Phi) is 7.95. The van der Waals surface area contributed by atoms with Crippen LogP contribution in [0.4, 0.5) is 14.5 Å². The highest BCUT2D eigenvalue weighted by Gasteiger charge is 2.23. The predicted octanol–water partition coefficient (Wildman–Crippen LogP) is 5.83. The van der Waals surface area contributed by atoms with Crippen LogP contribution in [-0.4, -0.2) is 35.3 Å². The minimum Gasteiger partial charge on any atom is -0.508 e. The van der Waals surface area contributed by atoms with Crippen LogP contribution in [0.1, 0.15) is 37.6 Å². The number of anilines is 1. The summed E-state index contributed by atoms with van der Waals surface area (Å²) in [5, 5.41) is 10.4. The fraction of sp³-hybridized carbons (Fsp3) is 0.241. The summed E-state index contributed by atoms with van der Waals surface area (Å²) in [6.45, 7) is 6.40. The van der Waals surface area contributed by atoms with Gasteiger partial charge in [-0.3, -0.25) is 9.59 Å². The molecule has 0 aliphatic heterocycles. The lowest BCUT2D eigenvalue weighted by atomic mass is 10.1. The number of ether oxygens (including phenoxy) is 2. The van der Waals surface area contributed by atoms with Crippen LogP contribution in [-0.2, 0) is 0 Å². The largest absolute Gasteiger partial charge is 0.508 e. The summed E-state index contributed by atoms with van der Waals surface area (Å²) in [4.78, 5) is 28.3. The van der Waals surface area contributed by atoms with Gasteiger partial charge >= 0.3 is 0 Å². The SMILES string of the molecule is CCCOc1cc(OCC)cc(-n2cc(C(=O)N(CC)c3cc(F)cc(F)c3)c(=O)c3ccc(O)cc32)c1. The van der Waals surface area contributed by atoms with Gasteiger partial charge in [0, 0.05) is 54.1 Å². The Bertz CT molecular complexity index is 1530. The van der Waals surface area contributed by atoms with Crippen LogP contribution in [0.15, 0.2) is 65.6 Å². The topological polar surface area (TPSA) is 81.0 Å². The number of carbonyl (C=O) groups is 1. The van der Waals surface area contributed by atoms with Gasteiger partial charge < -0.3 is 24.0 Å². The first-order chi connectivity index (χ1) is 18.2. The highest BCUT2D eigenvalue weighted by molar-refractivity contribution is 6.07. The molecule has 4 aromatic rings. The van der Waals surface area contributed by atoms with Gasteiger partial charge in [0.05, 0.1) is 24.4 Å². The van der Waals surface area contributed by atoms with Gasteiger partial charge in [-0.05, 0) is 44.5 Å². The zero-order chi connectivity index (χ0) is 27.4. The zero-order valence-corrected chi connectivity index (χ0v) is 21.3. The first kappa shape index (κ1) is 26.7. The number of aromatic hydroxyl groups is 1. The highest BCUT2D eigenvalue weighted by Crippen LogP contribution is 2.29. The number of pyridine rings is 1. The van der Waals surface area contributed by atoms with E-state index in [4.69, 9.17) is 9.47 Å². The second kappa shape index (κ2) is 11.3. The fourth-order valence-electron chi connectivity index (χ4n) is 4.21. The number of phenolic OH excluding ortho intramolecular Hbond substituents is 1. The second-order valence-electron chi connectivity index (χ2n) is 8.56. The normalized spacial score (nSPS) is 11.0. The summed E-state index contributed by atoms with van der Waals surface area (Å²) in [7, 11) is 0. The summed E-state index contributed by atoms with van der Waals surface area (Å²) in [5.74, 6) is -1.44. The van der Waals surface area contributed by atoms with Crippen molar-refractivity contribution in [1.29, 1.82) is 0 Å². The molecule has 0 unspecified atom stereocenters. The average molecular weight is 523 g/mol. The Morgan fingerprint density at radius 3 is 2.26 bits per heavy atom. The van der Waals surface area contributed by atoms with Crippen LogP contribution in [0.5, 0.6) is 17.2 Å². The molecule has 7 nitrogen and oxygen atoms in total. The molecule has 198 valence electrons. The molecule has 1 amide bonds. The number of aromatic nitrogens is 1. The minimum atomic E-state index is -0.843. The van der Waals surface area contributed by atoms with Crippen LogP contribution in [0, 0.1) is 11.6 Å². The Hall–Kier alpha value is -4.40. The van der Waals surface area contributed by atoms with E-state index < -0.39 is 23.0 Å². The van der Waals surface area contributed by atoms with Crippen molar-refractivity contribution in [3.8, 4) is 22.9 Å². The number of rotatable bonds is 9. The molecule has 1 heterocycles. The van der Waals surface area contributed by atoms with E-state index in [-0.39, 0.29) is 28.9 Å². The maximum atomic E-state index is 13.9. The lowest BCUT2D eigenvalue weighted by Gasteiger charge is -2.22. The van der Waals surface area contributed by atoms with E-state index in [0.29, 0.717) is 42.0 Å². The number of fused-ring (bicyclic) bond motifs is 1. The molecule has 0 spiro atoms. The molecule has 0 fully saturated rings. The van der Waals surface area contributed by atoms with Crippen LogP contribution in [0.2, 0.25) is 0 Å². The Labute approximate surface area is 218 Å². The Balaban J connectivity index is 1.95. The van der Waals surface area contributed by atoms with Gasteiger partial charge in [-0.15, -0.1) is 0 Å². The number of hydrogen-bond donors (Lipinski definition) is 1. The Morgan fingerprint density at radius 2 is 1.63 bits per heavy atom. The van der Waals surface area contributed by atoms with Gasteiger partial charge in [-0.2, -0.15) is 0 Å². The number of amides is 1. The van der Waals surface area contributed by atoms with E-state index in [2.05, 4.69) is 0 Å². The number of halogens is 2. The number of benzene rings is 3. The van der Waals surface area contributed by atoms with Crippen LogP contribution in [0.3, 0.4) is 0 Å². The van der Waals surface area contributed by atoms with E-state index in [1.807, 2.05) is 13.8 Å². The monoisotopic (exact) mass is 522 g/mol. The number of nitrogens with zero attached hydrogens (tertiary/aromatic N) is 2. The maximum Gasteiger partial charge on any atom is 0.263 e. The molecule has 0 atom stereocenters. The van der Waals surface area contributed by atoms with Crippen molar-refractivity contribution in [2.45, 2.75) is 27.2 Å². The molecule has 0 aliphatic carbocycles. The van der Waals surface area contributed by atoms with Crippen LogP contribution in [0.25, 0.3) is 16.6 Å². The molecule has 0 bridgehead atoms. The van der Waals surface area contributed by atoms with Gasteiger partial charge in [-0.1, -0.05) is 6.92 Å². The van der Waals surface area contributed by atoms with Crippen molar-refractivity contribution in [2.75, 3.05) is 24.7 Å². The summed E-state index contributed by atoms with van der Waals surface area (Å²) in [5.41, 5.74) is 0.0564. The van der Waals surface area contributed by atoms with E-state index in [0.717, 1.165) is 23.5 Å². The second-order valence-corrected chi connectivity index (χ2v) is 8.56. The molecule has 1 aromatic heterocycles. The molecular weight excluding hydrogens is 494 g/mol. The van der Waals surface area contributed by atoms with Crippen LogP contribution >= 0.6 is 0 Å². The molecule has 3 aromatic carbocycles. The molecule has 0 radical (unpaired) electrons. The smallest absolute Gasteiger partial charge is 0.263 e. The summed E-state index contributed by atoms with van der Waals surface area (Å²) in [6.07, 6.45) is 2.15. The van der Waals surface area contributed by atoms with E-state index in [1.54, 1.807) is 29.7 Å². The first-order valence-electron chi connectivity index (χ1n) is 12.3. The highest BCUT2D eigenvalue weighted by atomic mass is 19.1. The molecule has 0 aliphatic rings. The molecule has 0 saturated heterocycles. The molecule has 1 N–H and O–H groups in total. The van der Waals surface area contributed by atoms with Crippen molar-refractivity contribution in [1.82, 2.24) is 4.57 Å². The Morgan fingerprint density at radius 1 is 0.947 bits per heavy atom. The van der Waals surface area contributed by atoms with Gasteiger partial charge in [0.1, 0.15) is 34.4 Å². The first-order valence-corrected chi connectivity index (χ1v) is 12.3. The van der Waals surface area contributed by atoms with Gasteiger partial charge in [0.25, 0.3) is 5.91 Å². The van der Waals surface area contributed by atoms with Gasteiger partial charge in [0.15, 0.2) is 0 Å². The molecule has 38 heavy (non-hydrogen) atoms. The quantitative estimate of drug-likeness (QED) is 0.299. The lowest BCUT2D eigenvalue weighted by molar-refractivity contribution is 0.0987. The van der Waals surface area contributed by atoms with E-state index in [9.17, 15) is 23.5 Å². The molecule has 9 heteroatoms. The van der Waals surface area contributed by atoms with Crippen molar-refractivity contribution in [2.24, 2.45) is 0 Å². The fourth-order valence-corrected chi connectivity index (χ4v) is 4.21. The third kappa shape index (κ3) is 5.46. The van der Waals surface area contributed by atoms with Crippen LogP contribution < -0.4 is 19.8 Å². The standard InChI is InChI=1S/C29H28F2N2O5/c1-4-9-38-24-14-21(13-23(16-24)37-6-3)33-17-26(28(35)25-8-7-22(34)15-27(25)33)29(36)32(5-2)20-11-18(30)10-19(31)12-20/h7-8,10-17,34H,4-6,9H2,1-3H3. The zero-order valence-electron chi connectivity index (χ0n) is 21.3. The summed E-state index contributed by atoms with van der Waals surface area (Å²) >= 11 is 0. The minimum absolute atomic E-state index is 0.0136. The van der Waals surface area contributed by atoms with Crippen molar-refractivity contribution >= 4 is 22.5 Å². The molecule has 0 saturated carbocycles. The van der Waals surface area contributed by atoms with E-state index >= 15 is 0 Å². The van der Waals surface area contributed by atoms with Crippen molar-refractivity contribution in [3.05, 3.63) is 88.2 Å². The third-order valence-corrected chi connectivity index (χ3v) is 5.87. The predicted molar refractivity (Wildman–Crippen MR) is 142 cm³/mol. The van der Waals surface area contributed by atoms with E-state index in [1.165, 1.54) is 24.4 Å². The maximum absolute atomic E-state index is 13.9. The summed E-state index contributed by atoms with van der Waals surface area (Å²) < 4.78 is 41.0. The van der Waals surface area contributed by atoms with Gasteiger partial charge in [0.2, 0.25) is 5.43 Å². The van der Waals surface area contributed by atoms with Crippen molar-refractivity contribution in [3.63, 3.8) is 0 Å². The number of carbonyl (C=O) groups excluding carboxylic acids is 1. The number of hydrogen-bond acceptors (Lipinski definition) is 5.